The molecule has 0 fully saturated rings. The molecule has 0 saturated carbocycles. The van der Waals surface area contributed by atoms with Gasteiger partial charge in [-0.05, 0) is 31.4 Å². The molecule has 0 aliphatic rings. The molecule has 0 aliphatic heterocycles. The Balaban J connectivity index is 0.000000500. The Kier molecular flexibility index (Phi) is 8.80. The van der Waals surface area contributed by atoms with Crippen LogP contribution in [-0.4, -0.2) is 13.0 Å². The fourth-order valence-corrected chi connectivity index (χ4v) is 1.12. The second-order valence-electron chi connectivity index (χ2n) is 2.87. The third-order valence-electron chi connectivity index (χ3n) is 1.76. The summed E-state index contributed by atoms with van der Waals surface area (Å²) in [6.07, 6.45) is 3.76. The lowest BCUT2D eigenvalue weighted by Gasteiger charge is -1.98. The number of rotatable bonds is 4. The van der Waals surface area contributed by atoms with Gasteiger partial charge in [-0.25, -0.2) is 0 Å². The molecule has 1 amide bonds. The summed E-state index contributed by atoms with van der Waals surface area (Å²) in [5, 5.41) is 0. The summed E-state index contributed by atoms with van der Waals surface area (Å²) in [5.41, 5.74) is 11.0. The first-order valence-electron chi connectivity index (χ1n) is 4.74. The zero-order valence-electron chi connectivity index (χ0n) is 8.36. The van der Waals surface area contributed by atoms with Crippen LogP contribution in [0.25, 0.3) is 0 Å². The SMILES string of the molecule is NC=O.NCCCCc1ccccc1. The normalized spacial score (nSPS) is 8.64. The summed E-state index contributed by atoms with van der Waals surface area (Å²) >= 11 is 0. The summed E-state index contributed by atoms with van der Waals surface area (Å²) in [6.45, 7) is 0.812. The lowest BCUT2D eigenvalue weighted by Crippen LogP contribution is -1.98. The molecule has 1 aromatic rings. The molecular weight excluding hydrogens is 176 g/mol. The number of amides is 1. The van der Waals surface area contributed by atoms with Crippen LogP contribution in [-0.2, 0) is 11.2 Å². The zero-order valence-corrected chi connectivity index (χ0v) is 8.36. The van der Waals surface area contributed by atoms with E-state index in [0.29, 0.717) is 0 Å². The monoisotopic (exact) mass is 194 g/mol. The van der Waals surface area contributed by atoms with Gasteiger partial charge in [-0.3, -0.25) is 4.79 Å². The predicted molar refractivity (Wildman–Crippen MR) is 58.7 cm³/mol. The van der Waals surface area contributed by atoms with Crippen LogP contribution in [0, 0.1) is 0 Å². The highest BCUT2D eigenvalue weighted by Crippen LogP contribution is 2.03. The van der Waals surface area contributed by atoms with E-state index >= 15 is 0 Å². The third kappa shape index (κ3) is 7.31. The number of hydrogen-bond donors (Lipinski definition) is 2. The number of aryl methyl sites for hydroxylation is 1. The van der Waals surface area contributed by atoms with Crippen LogP contribution < -0.4 is 11.5 Å². The Morgan fingerprint density at radius 3 is 2.21 bits per heavy atom. The van der Waals surface area contributed by atoms with Crippen LogP contribution in [0.15, 0.2) is 30.3 Å². The minimum absolute atomic E-state index is 0.250. The smallest absolute Gasteiger partial charge is 0.204 e. The summed E-state index contributed by atoms with van der Waals surface area (Å²) in [4.78, 5) is 8.58. The largest absolute Gasteiger partial charge is 0.372 e. The van der Waals surface area contributed by atoms with Gasteiger partial charge in [0.15, 0.2) is 0 Å². The van der Waals surface area contributed by atoms with Gasteiger partial charge in [0.25, 0.3) is 0 Å². The van der Waals surface area contributed by atoms with Crippen molar-refractivity contribution < 1.29 is 4.79 Å². The summed E-state index contributed by atoms with van der Waals surface area (Å²) < 4.78 is 0. The van der Waals surface area contributed by atoms with Crippen LogP contribution in [0.5, 0.6) is 0 Å². The minimum Gasteiger partial charge on any atom is -0.372 e. The van der Waals surface area contributed by atoms with E-state index in [-0.39, 0.29) is 6.41 Å². The molecular formula is C11H18N2O. The number of hydrogen-bond acceptors (Lipinski definition) is 2. The van der Waals surface area contributed by atoms with E-state index < -0.39 is 0 Å². The molecule has 0 spiro atoms. The third-order valence-corrected chi connectivity index (χ3v) is 1.76. The van der Waals surface area contributed by atoms with Crippen LogP contribution in [0.4, 0.5) is 0 Å². The van der Waals surface area contributed by atoms with Gasteiger partial charge in [0.2, 0.25) is 6.41 Å². The fourth-order valence-electron chi connectivity index (χ4n) is 1.12. The van der Waals surface area contributed by atoms with Gasteiger partial charge in [-0.15, -0.1) is 0 Å². The van der Waals surface area contributed by atoms with Crippen molar-refractivity contribution in [2.75, 3.05) is 6.54 Å². The number of carbonyl (C=O) groups excluding carboxylic acids is 1. The van der Waals surface area contributed by atoms with E-state index in [0.717, 1.165) is 19.4 Å². The highest BCUT2D eigenvalue weighted by Gasteiger charge is 1.89. The van der Waals surface area contributed by atoms with Crippen molar-refractivity contribution in [1.82, 2.24) is 0 Å². The second kappa shape index (κ2) is 9.74. The van der Waals surface area contributed by atoms with Crippen LogP contribution in [0.2, 0.25) is 0 Å². The highest BCUT2D eigenvalue weighted by atomic mass is 16.1. The Bertz CT molecular complexity index is 224. The maximum Gasteiger partial charge on any atom is 0.204 e. The minimum atomic E-state index is 0.250. The van der Waals surface area contributed by atoms with Gasteiger partial charge >= 0.3 is 0 Å². The lowest BCUT2D eigenvalue weighted by atomic mass is 10.1. The van der Waals surface area contributed by atoms with Crippen molar-refractivity contribution in [2.24, 2.45) is 11.5 Å². The average Bonchev–Trinajstić information content (AvgIpc) is 2.21. The second-order valence-corrected chi connectivity index (χ2v) is 2.87. The Morgan fingerprint density at radius 1 is 1.14 bits per heavy atom. The predicted octanol–water partition coefficient (Wildman–Crippen LogP) is 1.07. The van der Waals surface area contributed by atoms with Crippen LogP contribution in [0.3, 0.4) is 0 Å². The summed E-state index contributed by atoms with van der Waals surface area (Å²) in [6, 6.07) is 10.5. The molecule has 3 heteroatoms. The quantitative estimate of drug-likeness (QED) is 0.556. The molecule has 4 N–H and O–H groups in total. The fraction of sp³-hybridized carbons (Fsp3) is 0.364. The van der Waals surface area contributed by atoms with E-state index in [1.165, 1.54) is 12.0 Å². The first-order chi connectivity index (χ1) is 6.85. The van der Waals surface area contributed by atoms with Crippen molar-refractivity contribution in [3.05, 3.63) is 35.9 Å². The van der Waals surface area contributed by atoms with Crippen molar-refractivity contribution >= 4 is 6.41 Å². The molecule has 0 saturated heterocycles. The maximum atomic E-state index is 8.58. The van der Waals surface area contributed by atoms with Crippen LogP contribution >= 0.6 is 0 Å². The van der Waals surface area contributed by atoms with Crippen molar-refractivity contribution in [3.8, 4) is 0 Å². The first kappa shape index (κ1) is 12.7. The Morgan fingerprint density at radius 2 is 1.71 bits per heavy atom. The zero-order chi connectivity index (χ0) is 10.6. The molecule has 0 heterocycles. The molecule has 0 bridgehead atoms. The molecule has 0 radical (unpaired) electrons. The molecule has 0 atom stereocenters. The van der Waals surface area contributed by atoms with Crippen molar-refractivity contribution in [1.29, 1.82) is 0 Å². The molecule has 3 nitrogen and oxygen atoms in total. The molecule has 0 unspecified atom stereocenters. The Hall–Kier alpha value is -1.35. The topological polar surface area (TPSA) is 69.1 Å². The number of nitrogens with two attached hydrogens (primary N) is 2. The Labute approximate surface area is 85.1 Å². The van der Waals surface area contributed by atoms with Gasteiger partial charge < -0.3 is 11.5 Å². The molecule has 78 valence electrons. The molecule has 1 aromatic carbocycles. The van der Waals surface area contributed by atoms with E-state index in [1.54, 1.807) is 0 Å². The van der Waals surface area contributed by atoms with Gasteiger partial charge in [0.05, 0.1) is 0 Å². The van der Waals surface area contributed by atoms with Gasteiger partial charge in [-0.2, -0.15) is 0 Å². The molecule has 14 heavy (non-hydrogen) atoms. The standard InChI is InChI=1S/C10H15N.CH3NO/c11-9-5-4-8-10-6-2-1-3-7-10;2-1-3/h1-3,6-7H,4-5,8-9,11H2;1H,(H2,2,3). The highest BCUT2D eigenvalue weighted by molar-refractivity contribution is 5.42. The summed E-state index contributed by atoms with van der Waals surface area (Å²) in [7, 11) is 0. The van der Waals surface area contributed by atoms with Gasteiger partial charge in [0, 0.05) is 0 Å². The number of primary amides is 1. The van der Waals surface area contributed by atoms with Crippen LogP contribution in [0.1, 0.15) is 18.4 Å². The molecule has 1 rings (SSSR count). The lowest BCUT2D eigenvalue weighted by molar-refractivity contribution is -0.106. The average molecular weight is 194 g/mol. The number of unbranched alkanes of at least 4 members (excludes halogenated alkanes) is 1. The van der Waals surface area contributed by atoms with E-state index in [1.807, 2.05) is 6.07 Å². The number of carbonyl (C=O) groups is 1. The first-order valence-corrected chi connectivity index (χ1v) is 4.74. The maximum absolute atomic E-state index is 8.58. The van der Waals surface area contributed by atoms with E-state index in [2.05, 4.69) is 30.0 Å². The van der Waals surface area contributed by atoms with Gasteiger partial charge in [-0.1, -0.05) is 30.3 Å². The van der Waals surface area contributed by atoms with Crippen molar-refractivity contribution in [2.45, 2.75) is 19.3 Å². The van der Waals surface area contributed by atoms with Crippen molar-refractivity contribution in [3.63, 3.8) is 0 Å². The molecule has 0 aliphatic carbocycles. The summed E-state index contributed by atoms with van der Waals surface area (Å²) in [5.74, 6) is 0. The molecule has 0 aromatic heterocycles. The van der Waals surface area contributed by atoms with Gasteiger partial charge in [0.1, 0.15) is 0 Å². The van der Waals surface area contributed by atoms with E-state index in [4.69, 9.17) is 10.5 Å². The van der Waals surface area contributed by atoms with E-state index in [9.17, 15) is 0 Å². The number of benzene rings is 1.